The number of ether oxygens (including phenoxy) is 2. The summed E-state index contributed by atoms with van der Waals surface area (Å²) in [5.74, 6) is -0.375. The standard InChI is InChI=1S/C37H71O7P/c1-3-5-7-9-11-13-15-17-19-20-22-24-26-28-30-32-37(38)44-36(35-43-45(39,40)41)34-42-33-31-29-27-25-23-21-18-16-14-12-10-8-6-4-2/h11,13,17,19,36H,3-10,12,14-16,18,20-35H2,1-2H3,(H2,39,40,41)/b13-11-,19-17-/t36-/m1/s1. The Hall–Kier alpha value is -0.980. The van der Waals surface area contributed by atoms with Gasteiger partial charge >= 0.3 is 13.8 Å². The predicted molar refractivity (Wildman–Crippen MR) is 188 cm³/mol. The highest BCUT2D eigenvalue weighted by molar-refractivity contribution is 7.46. The lowest BCUT2D eigenvalue weighted by molar-refractivity contribution is -0.154. The van der Waals surface area contributed by atoms with Crippen LogP contribution in [0.4, 0.5) is 0 Å². The molecule has 0 amide bonds. The monoisotopic (exact) mass is 658 g/mol. The maximum Gasteiger partial charge on any atom is 0.469 e. The van der Waals surface area contributed by atoms with E-state index in [0.29, 0.717) is 6.61 Å². The van der Waals surface area contributed by atoms with Gasteiger partial charge in [-0.2, -0.15) is 0 Å². The van der Waals surface area contributed by atoms with Crippen molar-refractivity contribution >= 4 is 13.8 Å². The minimum Gasteiger partial charge on any atom is -0.457 e. The number of carbonyl (C=O) groups excluding carboxylic acids is 1. The van der Waals surface area contributed by atoms with Gasteiger partial charge in [-0.15, -0.1) is 0 Å². The molecule has 8 heteroatoms. The van der Waals surface area contributed by atoms with Crippen LogP contribution in [0.2, 0.25) is 0 Å². The number of rotatable bonds is 35. The molecule has 1 atom stereocenters. The molecule has 2 N–H and O–H groups in total. The van der Waals surface area contributed by atoms with Gasteiger partial charge in [0.15, 0.2) is 0 Å². The number of allylic oxidation sites excluding steroid dienone is 4. The first kappa shape index (κ1) is 44.0. The Bertz CT molecular complexity index is 734. The molecule has 45 heavy (non-hydrogen) atoms. The fourth-order valence-corrected chi connectivity index (χ4v) is 5.60. The first-order chi connectivity index (χ1) is 21.9. The van der Waals surface area contributed by atoms with Gasteiger partial charge < -0.3 is 19.3 Å². The van der Waals surface area contributed by atoms with Crippen molar-refractivity contribution in [2.75, 3.05) is 19.8 Å². The number of carbonyl (C=O) groups is 1. The van der Waals surface area contributed by atoms with Crippen LogP contribution in [-0.4, -0.2) is 41.7 Å². The summed E-state index contributed by atoms with van der Waals surface area (Å²) in [6.45, 7) is 4.72. The van der Waals surface area contributed by atoms with E-state index in [-0.39, 0.29) is 25.6 Å². The van der Waals surface area contributed by atoms with Crippen molar-refractivity contribution < 1.29 is 33.1 Å². The van der Waals surface area contributed by atoms with Gasteiger partial charge in [-0.05, 0) is 44.9 Å². The van der Waals surface area contributed by atoms with Crippen molar-refractivity contribution in [3.63, 3.8) is 0 Å². The van der Waals surface area contributed by atoms with Crippen LogP contribution in [0, 0.1) is 0 Å². The highest BCUT2D eigenvalue weighted by Crippen LogP contribution is 2.35. The summed E-state index contributed by atoms with van der Waals surface area (Å²) < 4.78 is 26.9. The molecule has 0 saturated carbocycles. The highest BCUT2D eigenvalue weighted by atomic mass is 31.2. The molecule has 0 heterocycles. The summed E-state index contributed by atoms with van der Waals surface area (Å²) in [6, 6.07) is 0. The Morgan fingerprint density at radius 1 is 0.600 bits per heavy atom. The van der Waals surface area contributed by atoms with Crippen LogP contribution < -0.4 is 0 Å². The first-order valence-corrected chi connectivity index (χ1v) is 20.2. The van der Waals surface area contributed by atoms with Crippen molar-refractivity contribution in [3.05, 3.63) is 24.3 Å². The molecule has 0 aliphatic heterocycles. The van der Waals surface area contributed by atoms with Gasteiger partial charge in [0.25, 0.3) is 0 Å². The second-order valence-electron chi connectivity index (χ2n) is 12.6. The summed E-state index contributed by atoms with van der Waals surface area (Å²) in [7, 11) is -4.65. The zero-order valence-corrected chi connectivity index (χ0v) is 30.2. The maximum absolute atomic E-state index is 12.3. The fraction of sp³-hybridized carbons (Fsp3) is 0.865. The number of esters is 1. The third-order valence-electron chi connectivity index (χ3n) is 8.00. The molecule has 7 nitrogen and oxygen atoms in total. The molecule has 0 aliphatic carbocycles. The quantitative estimate of drug-likeness (QED) is 0.0302. The lowest BCUT2D eigenvalue weighted by atomic mass is 10.0. The van der Waals surface area contributed by atoms with E-state index in [9.17, 15) is 9.36 Å². The zero-order valence-electron chi connectivity index (χ0n) is 29.3. The van der Waals surface area contributed by atoms with Crippen LogP contribution in [-0.2, 0) is 23.4 Å². The van der Waals surface area contributed by atoms with Gasteiger partial charge in [-0.3, -0.25) is 9.32 Å². The Labute approximate surface area is 277 Å². The lowest BCUT2D eigenvalue weighted by Gasteiger charge is -2.18. The maximum atomic E-state index is 12.3. The second-order valence-corrected chi connectivity index (χ2v) is 13.8. The molecule has 0 saturated heterocycles. The smallest absolute Gasteiger partial charge is 0.457 e. The number of hydrogen-bond donors (Lipinski definition) is 2. The molecule has 0 aromatic carbocycles. The van der Waals surface area contributed by atoms with Gasteiger partial charge in [0.1, 0.15) is 6.10 Å². The van der Waals surface area contributed by atoms with Gasteiger partial charge in [0.05, 0.1) is 13.2 Å². The predicted octanol–water partition coefficient (Wildman–Crippen LogP) is 11.3. The molecule has 0 aromatic heterocycles. The minimum atomic E-state index is -4.65. The average Bonchev–Trinajstić information content (AvgIpc) is 3.01. The Morgan fingerprint density at radius 2 is 1.04 bits per heavy atom. The number of hydrogen-bond acceptors (Lipinski definition) is 5. The summed E-state index contributed by atoms with van der Waals surface area (Å²) in [6.07, 6.45) is 38.8. The largest absolute Gasteiger partial charge is 0.469 e. The SMILES string of the molecule is CCCCC/C=C\C/C=C\CCCCCCCC(=O)O[C@H](COCCCCCCCCCCCCCCCC)COP(=O)(O)O. The van der Waals surface area contributed by atoms with Gasteiger partial charge in [-0.25, -0.2) is 4.57 Å². The Morgan fingerprint density at radius 3 is 1.58 bits per heavy atom. The van der Waals surface area contributed by atoms with Crippen LogP contribution in [0.1, 0.15) is 181 Å². The van der Waals surface area contributed by atoms with E-state index in [2.05, 4.69) is 42.7 Å². The molecule has 0 aromatic rings. The van der Waals surface area contributed by atoms with Crippen molar-refractivity contribution in [1.29, 1.82) is 0 Å². The molecular weight excluding hydrogens is 587 g/mol. The average molecular weight is 659 g/mol. The van der Waals surface area contributed by atoms with E-state index in [1.807, 2.05) is 0 Å². The van der Waals surface area contributed by atoms with E-state index >= 15 is 0 Å². The Balaban J connectivity index is 3.85. The van der Waals surface area contributed by atoms with E-state index in [0.717, 1.165) is 57.8 Å². The van der Waals surface area contributed by atoms with E-state index in [1.165, 1.54) is 103 Å². The normalized spacial score (nSPS) is 12.9. The lowest BCUT2D eigenvalue weighted by Crippen LogP contribution is -2.28. The van der Waals surface area contributed by atoms with Crippen LogP contribution in [0.15, 0.2) is 24.3 Å². The summed E-state index contributed by atoms with van der Waals surface area (Å²) in [5.41, 5.74) is 0. The Kier molecular flexibility index (Phi) is 33.6. The third kappa shape index (κ3) is 37.4. The first-order valence-electron chi connectivity index (χ1n) is 18.7. The third-order valence-corrected chi connectivity index (χ3v) is 8.49. The zero-order chi connectivity index (χ0) is 33.1. The molecule has 0 rings (SSSR count). The number of phosphoric acid groups is 1. The van der Waals surface area contributed by atoms with Crippen molar-refractivity contribution in [3.8, 4) is 0 Å². The summed E-state index contributed by atoms with van der Waals surface area (Å²) in [5, 5.41) is 0. The molecule has 0 radical (unpaired) electrons. The van der Waals surface area contributed by atoms with Crippen LogP contribution in [0.3, 0.4) is 0 Å². The van der Waals surface area contributed by atoms with Gasteiger partial charge in [-0.1, -0.05) is 154 Å². The second kappa shape index (κ2) is 34.4. The molecule has 0 fully saturated rings. The van der Waals surface area contributed by atoms with E-state index < -0.39 is 13.9 Å². The highest BCUT2D eigenvalue weighted by Gasteiger charge is 2.21. The van der Waals surface area contributed by atoms with Gasteiger partial charge in [0.2, 0.25) is 0 Å². The fourth-order valence-electron chi connectivity index (χ4n) is 5.24. The van der Waals surface area contributed by atoms with Crippen LogP contribution in [0.5, 0.6) is 0 Å². The molecular formula is C37H71O7P. The van der Waals surface area contributed by atoms with Gasteiger partial charge in [0, 0.05) is 13.0 Å². The molecule has 0 bridgehead atoms. The number of unbranched alkanes of at least 4 members (excludes halogenated alkanes) is 21. The van der Waals surface area contributed by atoms with E-state index in [1.54, 1.807) is 0 Å². The molecule has 266 valence electrons. The van der Waals surface area contributed by atoms with Crippen LogP contribution >= 0.6 is 7.82 Å². The van der Waals surface area contributed by atoms with Crippen molar-refractivity contribution in [2.24, 2.45) is 0 Å². The van der Waals surface area contributed by atoms with Crippen LogP contribution in [0.25, 0.3) is 0 Å². The summed E-state index contributed by atoms with van der Waals surface area (Å²) in [4.78, 5) is 30.5. The molecule has 0 aliphatic rings. The molecule has 0 unspecified atom stereocenters. The topological polar surface area (TPSA) is 102 Å². The van der Waals surface area contributed by atoms with Crippen molar-refractivity contribution in [2.45, 2.75) is 187 Å². The van der Waals surface area contributed by atoms with E-state index in [4.69, 9.17) is 19.3 Å². The summed E-state index contributed by atoms with van der Waals surface area (Å²) >= 11 is 0. The van der Waals surface area contributed by atoms with Crippen molar-refractivity contribution in [1.82, 2.24) is 0 Å². The minimum absolute atomic E-state index is 0.0757. The molecule has 0 spiro atoms. The number of phosphoric ester groups is 1.